The minimum Gasteiger partial charge on any atom is -0.382 e. The van der Waals surface area contributed by atoms with Gasteiger partial charge >= 0.3 is 0 Å². The number of hydrogen-bond donors (Lipinski definition) is 1. The third-order valence-corrected chi connectivity index (χ3v) is 8.11. The molecule has 1 N–H and O–H groups in total. The van der Waals surface area contributed by atoms with E-state index in [1.807, 2.05) is 13.8 Å². The van der Waals surface area contributed by atoms with Crippen LogP contribution in [0.1, 0.15) is 46.2 Å². The highest BCUT2D eigenvalue weighted by Crippen LogP contribution is 2.28. The highest BCUT2D eigenvalue weighted by molar-refractivity contribution is 7.93. The minimum atomic E-state index is -3.68. The molecule has 0 unspecified atom stereocenters. The van der Waals surface area contributed by atoms with Gasteiger partial charge in [0.25, 0.3) is 0 Å². The van der Waals surface area contributed by atoms with Crippen LogP contribution < -0.4 is 5.32 Å². The zero-order valence-electron chi connectivity index (χ0n) is 18.5. The van der Waals surface area contributed by atoms with Crippen molar-refractivity contribution in [3.05, 3.63) is 11.8 Å². The van der Waals surface area contributed by atoms with Crippen LogP contribution in [0.4, 0.5) is 5.88 Å². The maximum absolute atomic E-state index is 12.9. The lowest BCUT2D eigenvalue weighted by Gasteiger charge is -2.28. The van der Waals surface area contributed by atoms with Crippen LogP contribution in [-0.4, -0.2) is 70.1 Å². The van der Waals surface area contributed by atoms with Crippen molar-refractivity contribution in [1.29, 1.82) is 0 Å². The van der Waals surface area contributed by atoms with Gasteiger partial charge in [0, 0.05) is 31.8 Å². The summed E-state index contributed by atoms with van der Waals surface area (Å²) in [6.45, 7) is 9.16. The van der Waals surface area contributed by atoms with E-state index in [1.165, 1.54) is 13.8 Å². The van der Waals surface area contributed by atoms with Crippen molar-refractivity contribution in [1.82, 2.24) is 5.16 Å². The first kappa shape index (κ1) is 24.8. The topological polar surface area (TPSA) is 117 Å². The van der Waals surface area contributed by atoms with Crippen LogP contribution in [0, 0.1) is 5.92 Å². The van der Waals surface area contributed by atoms with Gasteiger partial charge in [-0.3, -0.25) is 10.1 Å². The minimum absolute atomic E-state index is 0.00612. The molecule has 1 aromatic heterocycles. The molecule has 9 nitrogen and oxygen atoms in total. The maximum Gasteiger partial charge on any atom is 0.247 e. The molecule has 1 aliphatic heterocycles. The van der Waals surface area contributed by atoms with Crippen LogP contribution in [0.5, 0.6) is 0 Å². The Morgan fingerprint density at radius 3 is 2.53 bits per heavy atom. The van der Waals surface area contributed by atoms with E-state index in [0.717, 1.165) is 0 Å². The van der Waals surface area contributed by atoms with E-state index in [4.69, 9.17) is 18.7 Å². The van der Waals surface area contributed by atoms with Crippen LogP contribution in [-0.2, 0) is 34.3 Å². The fourth-order valence-corrected chi connectivity index (χ4v) is 4.74. The number of amides is 1. The summed E-state index contributed by atoms with van der Waals surface area (Å²) in [6, 6.07) is 1.60. The summed E-state index contributed by atoms with van der Waals surface area (Å²) in [5.41, 5.74) is 0.142. The van der Waals surface area contributed by atoms with Crippen LogP contribution >= 0.6 is 0 Å². The van der Waals surface area contributed by atoms with Gasteiger partial charge in [-0.2, -0.15) is 0 Å². The Morgan fingerprint density at radius 1 is 1.23 bits per heavy atom. The maximum atomic E-state index is 12.9. The second-order valence-corrected chi connectivity index (χ2v) is 11.4. The molecule has 0 saturated carbocycles. The van der Waals surface area contributed by atoms with E-state index in [0.29, 0.717) is 51.6 Å². The SMILES string of the molecule is COCCOCC(C)(C)c1cc(NC(=O)C(C)(C)S(=O)(=O)CC2CCOCC2)on1. The number of ether oxygens (including phenoxy) is 3. The third-order valence-electron chi connectivity index (χ3n) is 5.46. The first-order chi connectivity index (χ1) is 14.0. The molecule has 1 fully saturated rings. The number of methoxy groups -OCH3 is 1. The van der Waals surface area contributed by atoms with E-state index in [9.17, 15) is 13.2 Å². The number of sulfone groups is 1. The van der Waals surface area contributed by atoms with Crippen LogP contribution in [0.25, 0.3) is 0 Å². The Hall–Kier alpha value is -1.49. The average molecular weight is 447 g/mol. The van der Waals surface area contributed by atoms with Crippen molar-refractivity contribution >= 4 is 21.6 Å². The van der Waals surface area contributed by atoms with Crippen molar-refractivity contribution < 1.29 is 31.9 Å². The largest absolute Gasteiger partial charge is 0.382 e. The first-order valence-corrected chi connectivity index (χ1v) is 11.8. The van der Waals surface area contributed by atoms with Crippen molar-refractivity contribution in [3.63, 3.8) is 0 Å². The molecular weight excluding hydrogens is 412 g/mol. The van der Waals surface area contributed by atoms with Crippen molar-refractivity contribution in [2.75, 3.05) is 51.2 Å². The molecule has 10 heteroatoms. The Labute approximate surface area is 178 Å². The van der Waals surface area contributed by atoms with Crippen molar-refractivity contribution in [3.8, 4) is 0 Å². The third kappa shape index (κ3) is 6.26. The first-order valence-electron chi connectivity index (χ1n) is 10.1. The van der Waals surface area contributed by atoms with Gasteiger partial charge in [-0.15, -0.1) is 0 Å². The molecule has 1 aliphatic rings. The highest BCUT2D eigenvalue weighted by atomic mass is 32.2. The van der Waals surface area contributed by atoms with Gasteiger partial charge in [-0.25, -0.2) is 8.42 Å². The summed E-state index contributed by atoms with van der Waals surface area (Å²) in [7, 11) is -2.08. The van der Waals surface area contributed by atoms with E-state index in [2.05, 4.69) is 10.5 Å². The van der Waals surface area contributed by atoms with Gasteiger partial charge in [0.15, 0.2) is 9.84 Å². The lowest BCUT2D eigenvalue weighted by Crippen LogP contribution is -2.47. The number of nitrogens with zero attached hydrogens (tertiary/aromatic N) is 1. The van der Waals surface area contributed by atoms with Crippen LogP contribution in [0.3, 0.4) is 0 Å². The summed E-state index contributed by atoms with van der Waals surface area (Å²) in [6.07, 6.45) is 1.37. The van der Waals surface area contributed by atoms with Crippen LogP contribution in [0.2, 0.25) is 0 Å². The molecule has 1 amide bonds. The Kier molecular flexibility index (Phi) is 8.43. The second-order valence-electron chi connectivity index (χ2n) is 8.81. The fourth-order valence-electron chi connectivity index (χ4n) is 3.03. The lowest BCUT2D eigenvalue weighted by atomic mass is 9.90. The summed E-state index contributed by atoms with van der Waals surface area (Å²) in [5, 5.41) is 6.58. The smallest absolute Gasteiger partial charge is 0.247 e. The Balaban J connectivity index is 2.00. The molecular formula is C20H34N2O7S. The predicted molar refractivity (Wildman–Crippen MR) is 112 cm³/mol. The molecule has 2 heterocycles. The van der Waals surface area contributed by atoms with Crippen molar-refractivity contribution in [2.45, 2.75) is 50.7 Å². The molecule has 0 spiro atoms. The van der Waals surface area contributed by atoms with E-state index in [-0.39, 0.29) is 17.6 Å². The van der Waals surface area contributed by atoms with Gasteiger partial charge in [-0.05, 0) is 32.6 Å². The summed E-state index contributed by atoms with van der Waals surface area (Å²) >= 11 is 0. The number of rotatable bonds is 11. The fraction of sp³-hybridized carbons (Fsp3) is 0.800. The molecule has 0 aromatic carbocycles. The van der Waals surface area contributed by atoms with E-state index < -0.39 is 25.9 Å². The summed E-state index contributed by atoms with van der Waals surface area (Å²) < 4.78 is 45.3. The van der Waals surface area contributed by atoms with Gasteiger partial charge < -0.3 is 18.7 Å². The quantitative estimate of drug-likeness (QED) is 0.514. The molecule has 0 atom stereocenters. The van der Waals surface area contributed by atoms with E-state index >= 15 is 0 Å². The molecule has 0 aliphatic carbocycles. The van der Waals surface area contributed by atoms with Gasteiger partial charge in [0.05, 0.1) is 31.3 Å². The normalized spacial score (nSPS) is 16.6. The molecule has 1 saturated heterocycles. The number of hydrogen-bond acceptors (Lipinski definition) is 8. The van der Waals surface area contributed by atoms with Crippen LogP contribution in [0.15, 0.2) is 10.6 Å². The predicted octanol–water partition coefficient (Wildman–Crippen LogP) is 2.17. The summed E-state index contributed by atoms with van der Waals surface area (Å²) in [5.74, 6) is -0.572. The average Bonchev–Trinajstić information content (AvgIpc) is 3.15. The number of carbonyl (C=O) groups excluding carboxylic acids is 1. The lowest BCUT2D eigenvalue weighted by molar-refractivity contribution is -0.118. The molecule has 2 rings (SSSR count). The zero-order valence-corrected chi connectivity index (χ0v) is 19.3. The monoisotopic (exact) mass is 446 g/mol. The molecule has 0 bridgehead atoms. The zero-order chi connectivity index (χ0) is 22.4. The Morgan fingerprint density at radius 2 is 1.90 bits per heavy atom. The van der Waals surface area contributed by atoms with Crippen molar-refractivity contribution in [2.24, 2.45) is 5.92 Å². The standard InChI is InChI=1S/C20H34N2O7S/c1-19(2,14-28-11-10-26-5)16-12-17(29-22-16)21-18(23)20(3,4)30(24,25)13-15-6-8-27-9-7-15/h12,15H,6-11,13-14H2,1-5H3,(H,21,23). The number of nitrogens with one attached hydrogen (secondary N) is 1. The Bertz CT molecular complexity index is 796. The van der Waals surface area contributed by atoms with E-state index in [1.54, 1.807) is 13.2 Å². The number of carbonyl (C=O) groups is 1. The summed E-state index contributed by atoms with van der Waals surface area (Å²) in [4.78, 5) is 12.8. The van der Waals surface area contributed by atoms with Gasteiger partial charge in [0.1, 0.15) is 4.75 Å². The molecule has 30 heavy (non-hydrogen) atoms. The van der Waals surface area contributed by atoms with Gasteiger partial charge in [-0.1, -0.05) is 19.0 Å². The second kappa shape index (κ2) is 10.2. The van der Waals surface area contributed by atoms with Gasteiger partial charge in [0.2, 0.25) is 11.8 Å². The molecule has 172 valence electrons. The number of anilines is 1. The highest BCUT2D eigenvalue weighted by Gasteiger charge is 2.43. The number of aromatic nitrogens is 1. The molecule has 1 aromatic rings. The molecule has 0 radical (unpaired) electrons.